The number of sulfonamides is 1. The summed E-state index contributed by atoms with van der Waals surface area (Å²) in [6, 6.07) is 14.9. The van der Waals surface area contributed by atoms with E-state index in [1.165, 1.54) is 17.0 Å². The monoisotopic (exact) mass is 442 g/mol. The van der Waals surface area contributed by atoms with Crippen LogP contribution in [0.5, 0.6) is 11.5 Å². The van der Waals surface area contributed by atoms with E-state index in [1.807, 2.05) is 25.1 Å². The van der Waals surface area contributed by atoms with Crippen LogP contribution in [0.2, 0.25) is 5.02 Å². The summed E-state index contributed by atoms with van der Waals surface area (Å²) < 4.78 is 34.2. The molecule has 3 aromatic rings. The quantitative estimate of drug-likeness (QED) is 0.609. The van der Waals surface area contributed by atoms with Gasteiger partial charge in [0.05, 0.1) is 16.1 Å². The van der Waals surface area contributed by atoms with Crippen molar-refractivity contribution in [3.05, 3.63) is 76.3 Å². The van der Waals surface area contributed by atoms with E-state index >= 15 is 0 Å². The molecule has 1 N–H and O–H groups in total. The molecule has 1 heterocycles. The summed E-state index contributed by atoms with van der Waals surface area (Å²) in [6.45, 7) is 3.57. The largest absolute Gasteiger partial charge is 0.454 e. The lowest BCUT2D eigenvalue weighted by molar-refractivity contribution is 0.0993. The minimum atomic E-state index is -3.89. The van der Waals surface area contributed by atoms with Gasteiger partial charge in [0, 0.05) is 17.8 Å². The summed E-state index contributed by atoms with van der Waals surface area (Å²) in [4.78, 5) is 14.6. The van der Waals surface area contributed by atoms with E-state index in [1.54, 1.807) is 38.2 Å². The van der Waals surface area contributed by atoms with Crippen LogP contribution in [0.25, 0.3) is 0 Å². The smallest absolute Gasteiger partial charge is 0.262 e. The van der Waals surface area contributed by atoms with Crippen molar-refractivity contribution in [2.24, 2.45) is 0 Å². The molecule has 1 amide bonds. The molecule has 0 aliphatic carbocycles. The fourth-order valence-corrected chi connectivity index (χ4v) is 4.87. The first kappa shape index (κ1) is 20.3. The highest BCUT2D eigenvalue weighted by Crippen LogP contribution is 2.39. The molecule has 0 atom stereocenters. The van der Waals surface area contributed by atoms with Gasteiger partial charge in [-0.15, -0.1) is 0 Å². The number of hydrogen-bond acceptors (Lipinski definition) is 4. The SMILES string of the molecule is Cc1ccc2c(c1)N(C)C(=O)c1cc(NS(=O)(=O)c3cccc(Cl)c3C)ccc1O2. The molecule has 0 radical (unpaired) electrons. The highest BCUT2D eigenvalue weighted by atomic mass is 35.5. The molecule has 3 aromatic carbocycles. The lowest BCUT2D eigenvalue weighted by Gasteiger charge is -2.17. The Kier molecular flexibility index (Phi) is 4.95. The van der Waals surface area contributed by atoms with Crippen molar-refractivity contribution in [3.8, 4) is 11.5 Å². The fourth-order valence-electron chi connectivity index (χ4n) is 3.32. The normalized spacial score (nSPS) is 13.2. The van der Waals surface area contributed by atoms with Gasteiger partial charge in [-0.25, -0.2) is 8.42 Å². The molecule has 4 rings (SSSR count). The highest BCUT2D eigenvalue weighted by molar-refractivity contribution is 7.92. The Balaban J connectivity index is 1.73. The number of carbonyl (C=O) groups excluding carboxylic acids is 1. The predicted molar refractivity (Wildman–Crippen MR) is 117 cm³/mol. The van der Waals surface area contributed by atoms with Crippen molar-refractivity contribution < 1.29 is 17.9 Å². The standard InChI is InChI=1S/C22H19ClN2O4S/c1-13-7-9-20-18(11-13)25(3)22(26)16-12-15(8-10-19(16)29-20)24-30(27,28)21-6-4-5-17(23)14(21)2/h4-12,24H,1-3H3. The predicted octanol–water partition coefficient (Wildman–Crippen LogP) is 5.14. The van der Waals surface area contributed by atoms with Crippen molar-refractivity contribution in [2.45, 2.75) is 18.7 Å². The number of rotatable bonds is 3. The topological polar surface area (TPSA) is 75.7 Å². The number of hydrogen-bond donors (Lipinski definition) is 1. The molecule has 0 saturated heterocycles. The summed E-state index contributed by atoms with van der Waals surface area (Å²) in [5.74, 6) is 0.615. The van der Waals surface area contributed by atoms with E-state index in [0.717, 1.165) is 5.56 Å². The first-order valence-electron chi connectivity index (χ1n) is 9.16. The lowest BCUT2D eigenvalue weighted by Crippen LogP contribution is -2.25. The minimum Gasteiger partial charge on any atom is -0.454 e. The van der Waals surface area contributed by atoms with Crippen LogP contribution in [0.4, 0.5) is 11.4 Å². The Hall–Kier alpha value is -3.03. The van der Waals surface area contributed by atoms with Crippen LogP contribution in [0, 0.1) is 13.8 Å². The summed E-state index contributed by atoms with van der Waals surface area (Å²) in [5.41, 5.74) is 2.60. The second-order valence-electron chi connectivity index (χ2n) is 7.12. The number of fused-ring (bicyclic) bond motifs is 2. The van der Waals surface area contributed by atoms with Gasteiger partial charge in [0.25, 0.3) is 15.9 Å². The number of benzene rings is 3. The third-order valence-corrected chi connectivity index (χ3v) is 6.91. The molecular weight excluding hydrogens is 424 g/mol. The number of amides is 1. The van der Waals surface area contributed by atoms with Crippen molar-refractivity contribution in [1.82, 2.24) is 0 Å². The van der Waals surface area contributed by atoms with Crippen LogP contribution in [-0.2, 0) is 10.0 Å². The van der Waals surface area contributed by atoms with Gasteiger partial charge in [0.2, 0.25) is 0 Å². The Morgan fingerprint density at radius 2 is 1.73 bits per heavy atom. The number of anilines is 2. The van der Waals surface area contributed by atoms with Crippen LogP contribution in [-0.4, -0.2) is 21.4 Å². The molecule has 0 bridgehead atoms. The Morgan fingerprint density at radius 3 is 2.50 bits per heavy atom. The summed E-state index contributed by atoms with van der Waals surface area (Å²) in [5, 5.41) is 0.359. The van der Waals surface area contributed by atoms with Crippen LogP contribution in [0.15, 0.2) is 59.5 Å². The summed E-state index contributed by atoms with van der Waals surface area (Å²) in [6.07, 6.45) is 0. The maximum atomic E-state index is 13.0. The van der Waals surface area contributed by atoms with Crippen LogP contribution in [0.1, 0.15) is 21.5 Å². The lowest BCUT2D eigenvalue weighted by atomic mass is 10.1. The first-order valence-corrected chi connectivity index (χ1v) is 11.0. The van der Waals surface area contributed by atoms with Gasteiger partial charge in [-0.3, -0.25) is 9.52 Å². The zero-order valence-electron chi connectivity index (χ0n) is 16.6. The Bertz CT molecular complexity index is 1290. The number of aryl methyl sites for hydroxylation is 1. The Morgan fingerprint density at radius 1 is 1.00 bits per heavy atom. The molecule has 6 nitrogen and oxygen atoms in total. The van der Waals surface area contributed by atoms with Gasteiger partial charge in [-0.05, 0) is 67.4 Å². The number of halogens is 1. The van der Waals surface area contributed by atoms with E-state index in [4.69, 9.17) is 16.3 Å². The molecule has 1 aliphatic rings. The maximum absolute atomic E-state index is 13.0. The minimum absolute atomic E-state index is 0.0764. The average Bonchev–Trinajstić information content (AvgIpc) is 2.79. The van der Waals surface area contributed by atoms with E-state index in [0.29, 0.717) is 27.8 Å². The second-order valence-corrected chi connectivity index (χ2v) is 9.17. The zero-order valence-corrected chi connectivity index (χ0v) is 18.1. The molecule has 0 spiro atoms. The molecule has 0 aromatic heterocycles. The third kappa shape index (κ3) is 3.51. The van der Waals surface area contributed by atoms with Gasteiger partial charge in [0.1, 0.15) is 5.75 Å². The number of ether oxygens (including phenoxy) is 1. The van der Waals surface area contributed by atoms with Gasteiger partial charge < -0.3 is 9.64 Å². The van der Waals surface area contributed by atoms with Crippen molar-refractivity contribution in [2.75, 3.05) is 16.7 Å². The molecule has 0 unspecified atom stereocenters. The molecular formula is C22H19ClN2O4S. The highest BCUT2D eigenvalue weighted by Gasteiger charge is 2.27. The number of nitrogens with one attached hydrogen (secondary N) is 1. The zero-order chi connectivity index (χ0) is 21.6. The summed E-state index contributed by atoms with van der Waals surface area (Å²) >= 11 is 6.07. The number of nitrogens with zero attached hydrogens (tertiary/aromatic N) is 1. The third-order valence-electron chi connectivity index (χ3n) is 4.97. The molecule has 30 heavy (non-hydrogen) atoms. The van der Waals surface area contributed by atoms with Crippen LogP contribution >= 0.6 is 11.6 Å². The Labute approximate surface area is 180 Å². The van der Waals surface area contributed by atoms with Gasteiger partial charge in [-0.1, -0.05) is 23.7 Å². The molecule has 1 aliphatic heterocycles. The second kappa shape index (κ2) is 7.34. The van der Waals surface area contributed by atoms with Gasteiger partial charge in [0.15, 0.2) is 5.75 Å². The first-order chi connectivity index (χ1) is 14.2. The van der Waals surface area contributed by atoms with E-state index in [-0.39, 0.29) is 22.1 Å². The molecule has 0 fully saturated rings. The van der Waals surface area contributed by atoms with E-state index in [9.17, 15) is 13.2 Å². The van der Waals surface area contributed by atoms with Crippen molar-refractivity contribution >= 4 is 38.9 Å². The van der Waals surface area contributed by atoms with Crippen molar-refractivity contribution in [1.29, 1.82) is 0 Å². The van der Waals surface area contributed by atoms with Crippen LogP contribution in [0.3, 0.4) is 0 Å². The summed E-state index contributed by atoms with van der Waals surface area (Å²) in [7, 11) is -2.23. The van der Waals surface area contributed by atoms with E-state index in [2.05, 4.69) is 4.72 Å². The van der Waals surface area contributed by atoms with Gasteiger partial charge >= 0.3 is 0 Å². The fraction of sp³-hybridized carbons (Fsp3) is 0.136. The van der Waals surface area contributed by atoms with Crippen molar-refractivity contribution in [3.63, 3.8) is 0 Å². The average molecular weight is 443 g/mol. The molecule has 154 valence electrons. The molecule has 0 saturated carbocycles. The van der Waals surface area contributed by atoms with Crippen LogP contribution < -0.4 is 14.4 Å². The van der Waals surface area contributed by atoms with E-state index < -0.39 is 10.0 Å². The molecule has 8 heteroatoms. The number of carbonyl (C=O) groups is 1. The maximum Gasteiger partial charge on any atom is 0.262 e. The van der Waals surface area contributed by atoms with Gasteiger partial charge in [-0.2, -0.15) is 0 Å².